The molecule has 0 amide bonds. The second kappa shape index (κ2) is 4.98. The molecule has 0 atom stereocenters. The van der Waals surface area contributed by atoms with Crippen LogP contribution in [0.15, 0.2) is 39.4 Å². The first-order valence-corrected chi connectivity index (χ1v) is 7.04. The molecule has 0 spiro atoms. The summed E-state index contributed by atoms with van der Waals surface area (Å²) in [5.41, 5.74) is 1.47. The van der Waals surface area contributed by atoms with Crippen LogP contribution >= 0.6 is 23.1 Å². The number of hydrogen-bond acceptors (Lipinski definition) is 6. The lowest BCUT2D eigenvalue weighted by Gasteiger charge is -1.99. The number of nitrogens with zero attached hydrogens (tertiary/aromatic N) is 4. The topological polar surface area (TPSA) is 80.4 Å². The summed E-state index contributed by atoms with van der Waals surface area (Å²) >= 11 is 2.83. The molecular weight excluding hydrogens is 284 g/mol. The largest absolute Gasteiger partial charge is 0.481 e. The van der Waals surface area contributed by atoms with Crippen LogP contribution in [0, 0.1) is 0 Å². The standard InChI is InChI=1S/C11H8N4O2S2/c16-9(17)5-7-6-18-11(14-7)19-10-8-1-2-13-15(8)4-3-12-10/h1-4,6H,5H2,(H,16,17). The summed E-state index contributed by atoms with van der Waals surface area (Å²) in [7, 11) is 0. The molecule has 0 unspecified atom stereocenters. The highest BCUT2D eigenvalue weighted by Crippen LogP contribution is 2.31. The monoisotopic (exact) mass is 292 g/mol. The van der Waals surface area contributed by atoms with Gasteiger partial charge in [-0.15, -0.1) is 11.3 Å². The summed E-state index contributed by atoms with van der Waals surface area (Å²) in [6.45, 7) is 0. The van der Waals surface area contributed by atoms with Gasteiger partial charge in [-0.05, 0) is 17.8 Å². The highest BCUT2D eigenvalue weighted by atomic mass is 32.2. The van der Waals surface area contributed by atoms with Crippen molar-refractivity contribution >= 4 is 34.6 Å². The van der Waals surface area contributed by atoms with Gasteiger partial charge in [0.1, 0.15) is 5.03 Å². The zero-order valence-electron chi connectivity index (χ0n) is 9.55. The number of hydrogen-bond donors (Lipinski definition) is 1. The van der Waals surface area contributed by atoms with Crippen molar-refractivity contribution in [2.24, 2.45) is 0 Å². The molecule has 3 aromatic heterocycles. The smallest absolute Gasteiger partial charge is 0.309 e. The number of aromatic nitrogens is 4. The van der Waals surface area contributed by atoms with Gasteiger partial charge >= 0.3 is 5.97 Å². The summed E-state index contributed by atoms with van der Waals surface area (Å²) in [5, 5.41) is 15.4. The minimum Gasteiger partial charge on any atom is -0.481 e. The Morgan fingerprint density at radius 2 is 2.37 bits per heavy atom. The number of rotatable bonds is 4. The maximum absolute atomic E-state index is 10.6. The van der Waals surface area contributed by atoms with Gasteiger partial charge in [-0.25, -0.2) is 14.5 Å². The Hall–Kier alpha value is -1.93. The van der Waals surface area contributed by atoms with E-state index in [4.69, 9.17) is 5.11 Å². The molecule has 0 aliphatic carbocycles. The summed E-state index contributed by atoms with van der Waals surface area (Å²) in [6, 6.07) is 1.88. The van der Waals surface area contributed by atoms with Gasteiger partial charge in [0, 0.05) is 17.8 Å². The molecule has 3 heterocycles. The number of fused-ring (bicyclic) bond motifs is 1. The van der Waals surface area contributed by atoms with Crippen molar-refractivity contribution in [3.63, 3.8) is 0 Å². The van der Waals surface area contributed by atoms with Crippen molar-refractivity contribution < 1.29 is 9.90 Å². The van der Waals surface area contributed by atoms with E-state index in [1.54, 1.807) is 28.5 Å². The van der Waals surface area contributed by atoms with Crippen LogP contribution < -0.4 is 0 Å². The van der Waals surface area contributed by atoms with Crippen molar-refractivity contribution in [2.45, 2.75) is 15.8 Å². The lowest BCUT2D eigenvalue weighted by Crippen LogP contribution is -1.99. The lowest BCUT2D eigenvalue weighted by atomic mass is 10.3. The van der Waals surface area contributed by atoms with Gasteiger partial charge in [-0.1, -0.05) is 0 Å². The fraction of sp³-hybridized carbons (Fsp3) is 0.0909. The highest BCUT2D eigenvalue weighted by molar-refractivity contribution is 8.01. The maximum atomic E-state index is 10.6. The molecule has 0 aromatic carbocycles. The van der Waals surface area contributed by atoms with E-state index in [-0.39, 0.29) is 6.42 Å². The van der Waals surface area contributed by atoms with Gasteiger partial charge < -0.3 is 5.11 Å². The van der Waals surface area contributed by atoms with Gasteiger partial charge in [-0.3, -0.25) is 4.79 Å². The fourth-order valence-corrected chi connectivity index (χ4v) is 3.39. The average molecular weight is 292 g/mol. The molecule has 0 fully saturated rings. The molecule has 96 valence electrons. The van der Waals surface area contributed by atoms with Gasteiger partial charge in [-0.2, -0.15) is 5.10 Å². The van der Waals surface area contributed by atoms with Crippen LogP contribution in [0.5, 0.6) is 0 Å². The van der Waals surface area contributed by atoms with Crippen LogP contribution in [0.25, 0.3) is 5.52 Å². The molecular formula is C11H8N4O2S2. The van der Waals surface area contributed by atoms with Crippen LogP contribution in [-0.2, 0) is 11.2 Å². The predicted octanol–water partition coefficient (Wildman–Crippen LogP) is 1.96. The summed E-state index contributed by atoms with van der Waals surface area (Å²) in [4.78, 5) is 19.2. The molecule has 3 rings (SSSR count). The second-order valence-electron chi connectivity index (χ2n) is 3.67. The summed E-state index contributed by atoms with van der Waals surface area (Å²) in [6.07, 6.45) is 5.10. The average Bonchev–Trinajstić information content (AvgIpc) is 2.98. The molecule has 19 heavy (non-hydrogen) atoms. The lowest BCUT2D eigenvalue weighted by molar-refractivity contribution is -0.136. The Morgan fingerprint density at radius 1 is 1.47 bits per heavy atom. The van der Waals surface area contributed by atoms with Crippen LogP contribution in [-0.4, -0.2) is 30.7 Å². The van der Waals surface area contributed by atoms with Crippen molar-refractivity contribution in [3.8, 4) is 0 Å². The third-order valence-corrected chi connectivity index (χ3v) is 4.33. The van der Waals surface area contributed by atoms with Crippen LogP contribution in [0.1, 0.15) is 5.69 Å². The van der Waals surface area contributed by atoms with Crippen molar-refractivity contribution in [1.29, 1.82) is 0 Å². The van der Waals surface area contributed by atoms with Gasteiger partial charge in [0.25, 0.3) is 0 Å². The quantitative estimate of drug-likeness (QED) is 0.792. The minimum absolute atomic E-state index is 0.0542. The van der Waals surface area contributed by atoms with Gasteiger partial charge in [0.2, 0.25) is 0 Å². The number of carboxylic acids is 1. The molecule has 3 aromatic rings. The van der Waals surface area contributed by atoms with E-state index in [0.29, 0.717) is 5.69 Å². The van der Waals surface area contributed by atoms with E-state index in [9.17, 15) is 4.79 Å². The van der Waals surface area contributed by atoms with Crippen LogP contribution in [0.4, 0.5) is 0 Å². The Balaban J connectivity index is 1.86. The Labute approximate surface area is 116 Å². The zero-order chi connectivity index (χ0) is 13.2. The van der Waals surface area contributed by atoms with E-state index in [2.05, 4.69) is 15.1 Å². The first kappa shape index (κ1) is 12.1. The minimum atomic E-state index is -0.877. The summed E-state index contributed by atoms with van der Waals surface area (Å²) in [5.74, 6) is -0.877. The number of thiazole rings is 1. The fourth-order valence-electron chi connectivity index (χ4n) is 1.57. The van der Waals surface area contributed by atoms with Crippen molar-refractivity contribution in [2.75, 3.05) is 0 Å². The first-order valence-electron chi connectivity index (χ1n) is 5.35. The summed E-state index contributed by atoms with van der Waals surface area (Å²) < 4.78 is 2.51. The molecule has 6 nitrogen and oxygen atoms in total. The third-order valence-electron chi connectivity index (χ3n) is 2.34. The molecule has 0 aliphatic rings. The SMILES string of the molecule is O=C(O)Cc1csc(Sc2nccn3nccc23)n1. The van der Waals surface area contributed by atoms with Gasteiger partial charge in [0.15, 0.2) is 4.34 Å². The highest BCUT2D eigenvalue weighted by Gasteiger charge is 2.10. The maximum Gasteiger partial charge on any atom is 0.309 e. The number of carbonyl (C=O) groups is 1. The molecule has 0 saturated heterocycles. The van der Waals surface area contributed by atoms with Crippen LogP contribution in [0.2, 0.25) is 0 Å². The van der Waals surface area contributed by atoms with E-state index in [1.165, 1.54) is 23.1 Å². The van der Waals surface area contributed by atoms with E-state index in [0.717, 1.165) is 14.9 Å². The molecule has 0 bridgehead atoms. The van der Waals surface area contributed by atoms with Crippen molar-refractivity contribution in [3.05, 3.63) is 35.7 Å². The van der Waals surface area contributed by atoms with E-state index >= 15 is 0 Å². The predicted molar refractivity (Wildman–Crippen MR) is 70.6 cm³/mol. The zero-order valence-corrected chi connectivity index (χ0v) is 11.2. The Morgan fingerprint density at radius 3 is 3.21 bits per heavy atom. The van der Waals surface area contributed by atoms with E-state index < -0.39 is 5.97 Å². The molecule has 0 saturated carbocycles. The van der Waals surface area contributed by atoms with Gasteiger partial charge in [0.05, 0.1) is 23.8 Å². The second-order valence-corrected chi connectivity index (χ2v) is 5.76. The molecule has 1 N–H and O–H groups in total. The molecule has 0 aliphatic heterocycles. The number of aliphatic carboxylic acids is 1. The van der Waals surface area contributed by atoms with Crippen molar-refractivity contribution in [1.82, 2.24) is 19.6 Å². The first-order chi connectivity index (χ1) is 9.22. The normalized spacial score (nSPS) is 10.9. The van der Waals surface area contributed by atoms with E-state index in [1.807, 2.05) is 6.07 Å². The number of carboxylic acid groups (broad SMARTS) is 1. The Kier molecular flexibility index (Phi) is 3.18. The third kappa shape index (κ3) is 2.59. The van der Waals surface area contributed by atoms with Crippen LogP contribution in [0.3, 0.4) is 0 Å². The molecule has 8 heteroatoms. The molecule has 0 radical (unpaired) electrons. The Bertz CT molecular complexity index is 737.